The van der Waals surface area contributed by atoms with Gasteiger partial charge in [0.1, 0.15) is 11.5 Å². The average molecular weight is 249 g/mol. The van der Waals surface area contributed by atoms with Gasteiger partial charge in [0.05, 0.1) is 0 Å². The Bertz CT molecular complexity index is 568. The van der Waals surface area contributed by atoms with E-state index in [-0.39, 0.29) is 5.43 Å². The van der Waals surface area contributed by atoms with E-state index in [1.54, 1.807) is 12.1 Å². The van der Waals surface area contributed by atoms with Crippen molar-refractivity contribution in [3.8, 4) is 0 Å². The first kappa shape index (κ1) is 10.9. The first-order chi connectivity index (χ1) is 8.33. The zero-order valence-corrected chi connectivity index (χ0v) is 10.4. The van der Waals surface area contributed by atoms with E-state index in [2.05, 4.69) is 10.2 Å². The zero-order valence-electron chi connectivity index (χ0n) is 9.56. The van der Waals surface area contributed by atoms with Crippen LogP contribution in [0, 0.1) is 0 Å². The molecule has 3 heterocycles. The van der Waals surface area contributed by atoms with Crippen molar-refractivity contribution in [1.82, 2.24) is 14.6 Å². The lowest BCUT2D eigenvalue weighted by Crippen LogP contribution is -2.14. The smallest absolute Gasteiger partial charge is 0.183 e. The van der Waals surface area contributed by atoms with Crippen molar-refractivity contribution < 1.29 is 0 Å². The van der Waals surface area contributed by atoms with Crippen molar-refractivity contribution >= 4 is 17.4 Å². The Labute approximate surface area is 103 Å². The first-order valence-electron chi connectivity index (χ1n) is 6.00. The summed E-state index contributed by atoms with van der Waals surface area (Å²) >= 11 is 2.04. The fraction of sp³-hybridized carbons (Fsp3) is 0.500. The molecular weight excluding hydrogens is 234 g/mol. The summed E-state index contributed by atoms with van der Waals surface area (Å²) in [5, 5.41) is 7.91. The lowest BCUT2D eigenvalue weighted by atomic mass is 10.1. The largest absolute Gasteiger partial charge is 0.290 e. The molecule has 1 atom stereocenters. The highest BCUT2D eigenvalue weighted by molar-refractivity contribution is 7.99. The summed E-state index contributed by atoms with van der Waals surface area (Å²) in [7, 11) is 0. The highest BCUT2D eigenvalue weighted by Crippen LogP contribution is 2.27. The molecule has 0 aromatic carbocycles. The molecule has 0 aliphatic carbocycles. The summed E-state index contributed by atoms with van der Waals surface area (Å²) in [5.74, 6) is 2.29. The van der Waals surface area contributed by atoms with Gasteiger partial charge in [0, 0.05) is 30.0 Å². The van der Waals surface area contributed by atoms with E-state index in [4.69, 9.17) is 0 Å². The van der Waals surface area contributed by atoms with Crippen LogP contribution in [0.2, 0.25) is 0 Å². The van der Waals surface area contributed by atoms with Crippen molar-refractivity contribution in [3.63, 3.8) is 0 Å². The molecule has 1 saturated heterocycles. The van der Waals surface area contributed by atoms with Gasteiger partial charge in [-0.15, -0.1) is 0 Å². The van der Waals surface area contributed by atoms with Crippen molar-refractivity contribution in [2.75, 3.05) is 5.75 Å². The number of nitrogens with one attached hydrogen (secondary N) is 1. The molecule has 5 heteroatoms. The Morgan fingerprint density at radius 1 is 1.53 bits per heavy atom. The Hall–Kier alpha value is -1.23. The minimum absolute atomic E-state index is 0.0206. The van der Waals surface area contributed by atoms with Gasteiger partial charge in [0.25, 0.3) is 0 Å². The molecule has 0 amide bonds. The third-order valence-electron chi connectivity index (χ3n) is 3.19. The molecule has 0 radical (unpaired) electrons. The van der Waals surface area contributed by atoms with Crippen LogP contribution < -0.4 is 5.43 Å². The number of pyridine rings is 1. The second-order valence-electron chi connectivity index (χ2n) is 4.45. The molecule has 0 spiro atoms. The summed E-state index contributed by atoms with van der Waals surface area (Å²) in [6.45, 7) is 0. The van der Waals surface area contributed by atoms with Crippen LogP contribution >= 0.6 is 11.8 Å². The number of H-pyrrole nitrogens is 1. The number of hydrogen-bond acceptors (Lipinski definition) is 3. The van der Waals surface area contributed by atoms with Crippen LogP contribution in [0.15, 0.2) is 23.1 Å². The number of thioether (sulfide) groups is 1. The van der Waals surface area contributed by atoms with Crippen LogP contribution in [0.1, 0.15) is 25.1 Å². The summed E-state index contributed by atoms with van der Waals surface area (Å²) in [6, 6.07) is 3.17. The van der Waals surface area contributed by atoms with Crippen molar-refractivity contribution in [3.05, 3.63) is 34.4 Å². The normalized spacial score (nSPS) is 20.8. The fourth-order valence-electron chi connectivity index (χ4n) is 2.28. The molecule has 2 aromatic rings. The van der Waals surface area contributed by atoms with E-state index in [1.807, 2.05) is 22.4 Å². The Kier molecular flexibility index (Phi) is 2.93. The molecule has 1 fully saturated rings. The lowest BCUT2D eigenvalue weighted by Gasteiger charge is -2.20. The summed E-state index contributed by atoms with van der Waals surface area (Å²) in [4.78, 5) is 11.2. The maximum atomic E-state index is 11.2. The van der Waals surface area contributed by atoms with Gasteiger partial charge in [0.15, 0.2) is 5.43 Å². The number of rotatable bonds is 2. The van der Waals surface area contributed by atoms with Gasteiger partial charge in [-0.05, 0) is 18.6 Å². The maximum Gasteiger partial charge on any atom is 0.183 e. The van der Waals surface area contributed by atoms with Crippen molar-refractivity contribution in [2.24, 2.45) is 0 Å². The van der Waals surface area contributed by atoms with E-state index >= 15 is 0 Å². The molecule has 17 heavy (non-hydrogen) atoms. The zero-order chi connectivity index (χ0) is 11.7. The van der Waals surface area contributed by atoms with E-state index in [0.29, 0.717) is 5.25 Å². The second-order valence-corrected chi connectivity index (χ2v) is 5.86. The molecule has 3 rings (SSSR count). The number of aromatic nitrogens is 3. The van der Waals surface area contributed by atoms with Crippen LogP contribution in [0.3, 0.4) is 0 Å². The third-order valence-corrected chi connectivity index (χ3v) is 4.59. The molecule has 1 aliphatic rings. The fourth-order valence-corrected chi connectivity index (χ4v) is 3.59. The Morgan fingerprint density at radius 3 is 3.29 bits per heavy atom. The van der Waals surface area contributed by atoms with Crippen LogP contribution in [-0.2, 0) is 6.42 Å². The van der Waals surface area contributed by atoms with E-state index in [9.17, 15) is 4.79 Å². The van der Waals surface area contributed by atoms with Crippen LogP contribution in [0.4, 0.5) is 0 Å². The van der Waals surface area contributed by atoms with E-state index in [0.717, 1.165) is 17.9 Å². The minimum Gasteiger partial charge on any atom is -0.290 e. The average Bonchev–Trinajstić information content (AvgIpc) is 2.73. The van der Waals surface area contributed by atoms with Gasteiger partial charge in [-0.2, -0.15) is 16.9 Å². The van der Waals surface area contributed by atoms with Crippen molar-refractivity contribution in [1.29, 1.82) is 0 Å². The Morgan fingerprint density at radius 2 is 2.47 bits per heavy atom. The van der Waals surface area contributed by atoms with Gasteiger partial charge in [-0.25, -0.2) is 0 Å². The van der Waals surface area contributed by atoms with Gasteiger partial charge in [-0.1, -0.05) is 6.42 Å². The van der Waals surface area contributed by atoms with E-state index < -0.39 is 0 Å². The summed E-state index contributed by atoms with van der Waals surface area (Å²) < 4.78 is 1.98. The number of nitrogens with zero attached hydrogens (tertiary/aromatic N) is 2. The number of hydrogen-bond donors (Lipinski definition) is 1. The van der Waals surface area contributed by atoms with Crippen LogP contribution in [0.25, 0.3) is 5.65 Å². The predicted octanol–water partition coefficient (Wildman–Crippen LogP) is 1.85. The molecule has 2 aromatic heterocycles. The standard InChI is InChI=1S/C12H15N3OS/c16-9-4-5-15-11(7-9)13-14-12(15)8-10-3-1-2-6-17-10/h4-5,7,10,13H,1-3,6,8H2. The van der Waals surface area contributed by atoms with Crippen molar-refractivity contribution in [2.45, 2.75) is 30.9 Å². The molecule has 90 valence electrons. The molecule has 0 bridgehead atoms. The monoisotopic (exact) mass is 249 g/mol. The maximum absolute atomic E-state index is 11.2. The number of aromatic amines is 1. The number of fused-ring (bicyclic) bond motifs is 1. The minimum atomic E-state index is 0.0206. The molecular formula is C12H15N3OS. The van der Waals surface area contributed by atoms with Gasteiger partial charge in [-0.3, -0.25) is 14.3 Å². The summed E-state index contributed by atoms with van der Waals surface area (Å²) in [6.07, 6.45) is 6.74. The van der Waals surface area contributed by atoms with Gasteiger partial charge >= 0.3 is 0 Å². The van der Waals surface area contributed by atoms with E-state index in [1.165, 1.54) is 25.0 Å². The lowest BCUT2D eigenvalue weighted by molar-refractivity contribution is 0.645. The van der Waals surface area contributed by atoms with Crippen LogP contribution in [-0.4, -0.2) is 25.6 Å². The molecule has 1 N–H and O–H groups in total. The third kappa shape index (κ3) is 2.24. The molecule has 0 saturated carbocycles. The topological polar surface area (TPSA) is 50.2 Å². The van der Waals surface area contributed by atoms with Crippen LogP contribution in [0.5, 0.6) is 0 Å². The molecule has 4 nitrogen and oxygen atoms in total. The highest BCUT2D eigenvalue weighted by Gasteiger charge is 2.17. The molecule has 1 unspecified atom stereocenters. The van der Waals surface area contributed by atoms with Gasteiger partial charge < -0.3 is 0 Å². The van der Waals surface area contributed by atoms with Gasteiger partial charge in [0.2, 0.25) is 0 Å². The molecule has 1 aliphatic heterocycles. The Balaban J connectivity index is 1.87. The first-order valence-corrected chi connectivity index (χ1v) is 7.05. The highest BCUT2D eigenvalue weighted by atomic mass is 32.2. The predicted molar refractivity (Wildman–Crippen MR) is 69.6 cm³/mol. The summed E-state index contributed by atoms with van der Waals surface area (Å²) in [5.41, 5.74) is 0.806. The SMILES string of the molecule is O=c1ccn2c(CC3CCCCS3)n[nH]c2c1. The second kappa shape index (κ2) is 4.56. The quantitative estimate of drug-likeness (QED) is 0.883.